The van der Waals surface area contributed by atoms with Crippen molar-refractivity contribution in [3.05, 3.63) is 33.2 Å². The van der Waals surface area contributed by atoms with Gasteiger partial charge in [0.2, 0.25) is 0 Å². The Labute approximate surface area is 115 Å². The molecule has 1 amide bonds. The van der Waals surface area contributed by atoms with Crippen LogP contribution < -0.4 is 31.0 Å². The number of pyridine rings is 1. The lowest BCUT2D eigenvalue weighted by Gasteiger charge is -2.21. The number of fused-ring (bicyclic) bond motifs is 1. The molecule has 9 nitrogen and oxygen atoms in total. The maximum Gasteiger partial charge on any atom is 0.261 e. The first-order valence-electron chi connectivity index (χ1n) is 5.54. The van der Waals surface area contributed by atoms with Crippen LogP contribution in [0.15, 0.2) is 10.9 Å². The van der Waals surface area contributed by atoms with Crippen molar-refractivity contribution in [1.82, 2.24) is 4.98 Å². The normalized spacial score (nSPS) is 17.8. The summed E-state index contributed by atoms with van der Waals surface area (Å²) in [5, 5.41) is 0. The molecule has 1 heterocycles. The molecule has 0 saturated carbocycles. The van der Waals surface area contributed by atoms with Gasteiger partial charge in [-0.25, -0.2) is 0 Å². The zero-order chi connectivity index (χ0) is 15.5. The predicted molar refractivity (Wildman–Crippen MR) is 57.7 cm³/mol. The predicted octanol–water partition coefficient (Wildman–Crippen LogP) is -4.31. The van der Waals surface area contributed by atoms with E-state index in [-0.39, 0.29) is 11.6 Å². The standard InChI is InChI=1S/C10H13N3O2.ClHO4/c11-7-2-1-3-8-5(7)4-6(9(12)14)10(15)13-8;2-1(3,4)5/h4,7H,1-3,11H2,(H2,12,14)(H,13,15);(H,2,3,4,5). The third kappa shape index (κ3) is 4.89. The minimum atomic E-state index is -4.69. The van der Waals surface area contributed by atoms with E-state index in [4.69, 9.17) is 30.1 Å². The average Bonchev–Trinajstić information content (AvgIpc) is 2.25. The van der Waals surface area contributed by atoms with E-state index in [1.54, 1.807) is 0 Å². The molecule has 0 aromatic carbocycles. The van der Waals surface area contributed by atoms with Gasteiger partial charge in [-0.15, -0.1) is 0 Å². The maximum absolute atomic E-state index is 11.4. The number of nitrogens with one attached hydrogen (secondary N) is 1. The zero-order valence-corrected chi connectivity index (χ0v) is 11.1. The zero-order valence-electron chi connectivity index (χ0n) is 10.3. The van der Waals surface area contributed by atoms with Gasteiger partial charge < -0.3 is 16.5 Å². The monoisotopic (exact) mass is 307 g/mol. The second kappa shape index (κ2) is 6.31. The van der Waals surface area contributed by atoms with E-state index in [1.807, 2.05) is 0 Å². The molecule has 1 aromatic rings. The number of halogens is 1. The number of hydrogen-bond acceptors (Lipinski definition) is 7. The van der Waals surface area contributed by atoms with Crippen LogP contribution in [-0.4, -0.2) is 15.6 Å². The van der Waals surface area contributed by atoms with E-state index < -0.39 is 21.7 Å². The van der Waals surface area contributed by atoms with E-state index in [2.05, 4.69) is 4.98 Å². The van der Waals surface area contributed by atoms with E-state index in [9.17, 15) is 9.59 Å². The van der Waals surface area contributed by atoms with Crippen LogP contribution in [0.3, 0.4) is 0 Å². The van der Waals surface area contributed by atoms with Gasteiger partial charge in [-0.1, -0.05) is 0 Å². The smallest absolute Gasteiger partial charge is 0.261 e. The van der Waals surface area contributed by atoms with Crippen molar-refractivity contribution in [2.75, 3.05) is 0 Å². The summed E-state index contributed by atoms with van der Waals surface area (Å²) in [5.41, 5.74) is 12.2. The molecule has 0 fully saturated rings. The second-order valence-corrected chi connectivity index (χ2v) is 5.00. The van der Waals surface area contributed by atoms with E-state index in [1.165, 1.54) is 6.07 Å². The first kappa shape index (κ1) is 16.6. The quantitative estimate of drug-likeness (QED) is 0.403. The highest BCUT2D eigenvalue weighted by atomic mass is 35.7. The first-order valence-corrected chi connectivity index (χ1v) is 6.80. The van der Waals surface area contributed by atoms with Crippen LogP contribution in [0.1, 0.15) is 40.5 Å². The van der Waals surface area contributed by atoms with Crippen LogP contribution in [0.2, 0.25) is 0 Å². The fraction of sp³-hybridized carbons (Fsp3) is 0.400. The summed E-state index contributed by atoms with van der Waals surface area (Å²) in [7, 11) is -4.69. The number of amides is 1. The van der Waals surface area contributed by atoms with Crippen molar-refractivity contribution in [2.24, 2.45) is 11.5 Å². The van der Waals surface area contributed by atoms with E-state index in [0.29, 0.717) is 0 Å². The van der Waals surface area contributed by atoms with E-state index >= 15 is 0 Å². The Hall–Kier alpha value is -1.49. The van der Waals surface area contributed by atoms with Crippen LogP contribution in [0.4, 0.5) is 0 Å². The van der Waals surface area contributed by atoms with Crippen molar-refractivity contribution in [3.8, 4) is 0 Å². The van der Waals surface area contributed by atoms with Crippen molar-refractivity contribution >= 4 is 5.91 Å². The first-order chi connectivity index (χ1) is 9.09. The highest BCUT2D eigenvalue weighted by Crippen LogP contribution is 2.25. The number of aromatic amines is 1. The molecule has 0 bridgehead atoms. The number of hydrogen-bond donors (Lipinski definition) is 4. The van der Waals surface area contributed by atoms with Crippen molar-refractivity contribution in [2.45, 2.75) is 25.3 Å². The minimum absolute atomic E-state index is 0.00824. The summed E-state index contributed by atoms with van der Waals surface area (Å²) in [6.45, 7) is 0. The largest absolute Gasteiger partial charge is 0.365 e. The van der Waals surface area contributed by atoms with Gasteiger partial charge in [0, 0.05) is 11.7 Å². The van der Waals surface area contributed by atoms with Gasteiger partial charge in [0.05, 0.1) is 14.9 Å². The number of rotatable bonds is 1. The molecule has 0 spiro atoms. The minimum Gasteiger partial charge on any atom is -0.365 e. The SMILES string of the molecule is NC(=O)c1cc2c([nH]c1=O)CCCC2N.[O-][Cl+3]([O-])([O-])O. The molecule has 2 rings (SSSR count). The van der Waals surface area contributed by atoms with Gasteiger partial charge >= 0.3 is 0 Å². The van der Waals surface area contributed by atoms with Gasteiger partial charge in [-0.3, -0.25) is 9.59 Å². The molecule has 1 aliphatic rings. The summed E-state index contributed by atoms with van der Waals surface area (Å²) in [5.74, 6) is -0.711. The van der Waals surface area contributed by atoms with E-state index in [0.717, 1.165) is 30.5 Å². The third-order valence-corrected chi connectivity index (χ3v) is 2.76. The molecule has 0 radical (unpaired) electrons. The van der Waals surface area contributed by atoms with Crippen LogP contribution in [0.5, 0.6) is 0 Å². The fourth-order valence-electron chi connectivity index (χ4n) is 1.96. The van der Waals surface area contributed by atoms with Crippen LogP contribution in [0.25, 0.3) is 0 Å². The summed E-state index contributed by atoms with van der Waals surface area (Å²) >= 11 is 0. The summed E-state index contributed by atoms with van der Waals surface area (Å²) in [6.07, 6.45) is 2.63. The Balaban J connectivity index is 0.000000347. The van der Waals surface area contributed by atoms with Gasteiger partial charge in [0.25, 0.3) is 11.5 Å². The molecular weight excluding hydrogens is 294 g/mol. The molecule has 1 unspecified atom stereocenters. The van der Waals surface area contributed by atoms with Gasteiger partial charge in [-0.05, 0) is 30.9 Å². The molecule has 0 saturated heterocycles. The molecule has 112 valence electrons. The summed E-state index contributed by atoms with van der Waals surface area (Å²) in [4.78, 5) is 25.1. The molecule has 0 aliphatic heterocycles. The lowest BCUT2D eigenvalue weighted by Crippen LogP contribution is -2.58. The lowest BCUT2D eigenvalue weighted by molar-refractivity contribution is -1.92. The Kier molecular flexibility index (Phi) is 5.22. The summed E-state index contributed by atoms with van der Waals surface area (Å²) < 4.78 is 32.7. The number of primary amides is 1. The highest BCUT2D eigenvalue weighted by molar-refractivity contribution is 5.92. The van der Waals surface area contributed by atoms with Gasteiger partial charge in [0.15, 0.2) is 0 Å². The Morgan fingerprint density at radius 2 is 2.00 bits per heavy atom. The van der Waals surface area contributed by atoms with Crippen molar-refractivity contribution < 1.29 is 33.7 Å². The Bertz CT molecular complexity index is 547. The Morgan fingerprint density at radius 1 is 1.45 bits per heavy atom. The number of carbonyl (C=O) groups excluding carboxylic acids is 1. The molecular formula is C10H14ClN3O6. The fourth-order valence-corrected chi connectivity index (χ4v) is 1.96. The number of carbonyl (C=O) groups is 1. The van der Waals surface area contributed by atoms with Crippen LogP contribution >= 0.6 is 0 Å². The topological polar surface area (TPSA) is 191 Å². The number of nitrogens with two attached hydrogens (primary N) is 2. The number of aromatic nitrogens is 1. The van der Waals surface area contributed by atoms with Crippen molar-refractivity contribution in [1.29, 1.82) is 0 Å². The maximum atomic E-state index is 11.4. The highest BCUT2D eigenvalue weighted by Gasteiger charge is 2.20. The molecule has 10 heteroatoms. The average molecular weight is 308 g/mol. The Morgan fingerprint density at radius 3 is 2.50 bits per heavy atom. The van der Waals surface area contributed by atoms with Crippen LogP contribution in [-0.2, 0) is 6.42 Å². The molecule has 6 N–H and O–H groups in total. The third-order valence-electron chi connectivity index (χ3n) is 2.76. The van der Waals surface area contributed by atoms with Crippen molar-refractivity contribution in [3.63, 3.8) is 0 Å². The molecule has 20 heavy (non-hydrogen) atoms. The summed E-state index contributed by atoms with van der Waals surface area (Å²) in [6, 6.07) is 1.42. The number of H-pyrrole nitrogens is 1. The molecule has 1 atom stereocenters. The van der Waals surface area contributed by atoms with Gasteiger partial charge in [-0.2, -0.15) is 14.0 Å². The second-order valence-electron chi connectivity index (χ2n) is 4.21. The molecule has 1 aliphatic carbocycles. The number of aryl methyl sites for hydroxylation is 1. The van der Waals surface area contributed by atoms with Gasteiger partial charge in [0.1, 0.15) is 5.56 Å². The lowest BCUT2D eigenvalue weighted by atomic mass is 9.91. The molecule has 1 aromatic heterocycles. The van der Waals surface area contributed by atoms with Crippen LogP contribution in [0, 0.1) is 10.2 Å².